The van der Waals surface area contributed by atoms with Crippen LogP contribution in [0.3, 0.4) is 0 Å². The molecule has 0 spiro atoms. The fraction of sp³-hybridized carbons (Fsp3) is 0.385. The van der Waals surface area contributed by atoms with E-state index in [2.05, 4.69) is 20.6 Å². The van der Waals surface area contributed by atoms with E-state index in [1.807, 2.05) is 13.8 Å². The van der Waals surface area contributed by atoms with E-state index >= 15 is 0 Å². The normalized spacial score (nSPS) is 10.6. The lowest BCUT2D eigenvalue weighted by Gasteiger charge is -2.10. The number of hydrogen-bond donors (Lipinski definition) is 2. The Morgan fingerprint density at radius 2 is 1.90 bits per heavy atom. The second-order valence-corrected chi connectivity index (χ2v) is 5.23. The predicted octanol–water partition coefficient (Wildman–Crippen LogP) is 3.56. The van der Waals surface area contributed by atoms with E-state index in [1.54, 1.807) is 5.51 Å². The summed E-state index contributed by atoms with van der Waals surface area (Å²) in [5, 5.41) is 5.71. The molecule has 0 amide bonds. The first-order valence-electron chi connectivity index (χ1n) is 6.34. The summed E-state index contributed by atoms with van der Waals surface area (Å²) in [5.41, 5.74) is 2.63. The second kappa shape index (κ2) is 6.60. The Balaban J connectivity index is 2.12. The van der Waals surface area contributed by atoms with Crippen molar-refractivity contribution in [2.45, 2.75) is 26.8 Å². The Bertz CT molecular complexity index is 586. The summed E-state index contributed by atoms with van der Waals surface area (Å²) in [5.74, 6) is -1.28. The molecule has 0 radical (unpaired) electrons. The first kappa shape index (κ1) is 14.6. The van der Waals surface area contributed by atoms with Gasteiger partial charge < -0.3 is 10.6 Å². The maximum absolute atomic E-state index is 13.7. The average molecular weight is 298 g/mol. The van der Waals surface area contributed by atoms with Crippen LogP contribution < -0.4 is 10.6 Å². The highest BCUT2D eigenvalue weighted by Gasteiger charge is 2.12. The molecule has 2 aromatic rings. The van der Waals surface area contributed by atoms with Gasteiger partial charge in [-0.05, 0) is 13.3 Å². The molecule has 108 valence electrons. The van der Waals surface area contributed by atoms with Crippen LogP contribution >= 0.6 is 11.3 Å². The molecule has 2 aromatic heterocycles. The monoisotopic (exact) mass is 298 g/mol. The number of halogens is 2. The molecule has 0 aliphatic rings. The van der Waals surface area contributed by atoms with Crippen molar-refractivity contribution in [1.82, 2.24) is 9.97 Å². The molecular formula is C13H16F2N4S. The van der Waals surface area contributed by atoms with Crippen LogP contribution in [0.5, 0.6) is 0 Å². The molecule has 0 atom stereocenters. The van der Waals surface area contributed by atoms with Crippen molar-refractivity contribution >= 4 is 23.0 Å². The molecule has 0 aliphatic heterocycles. The zero-order valence-electron chi connectivity index (χ0n) is 11.3. The molecule has 2 rings (SSSR count). The average Bonchev–Trinajstić information content (AvgIpc) is 2.82. The zero-order valence-corrected chi connectivity index (χ0v) is 12.2. The molecule has 4 nitrogen and oxygen atoms in total. The highest BCUT2D eigenvalue weighted by atomic mass is 32.1. The van der Waals surface area contributed by atoms with Crippen LogP contribution in [-0.2, 0) is 6.54 Å². The topological polar surface area (TPSA) is 49.8 Å². The molecule has 0 saturated heterocycles. The van der Waals surface area contributed by atoms with E-state index in [0.717, 1.165) is 23.1 Å². The lowest BCUT2D eigenvalue weighted by molar-refractivity contribution is 0.578. The van der Waals surface area contributed by atoms with Gasteiger partial charge in [-0.2, -0.15) is 0 Å². The molecule has 0 saturated carbocycles. The van der Waals surface area contributed by atoms with Gasteiger partial charge in [0.15, 0.2) is 23.3 Å². The number of aryl methyl sites for hydroxylation is 1. The minimum Gasteiger partial charge on any atom is -0.368 e. The van der Waals surface area contributed by atoms with E-state index in [4.69, 9.17) is 0 Å². The van der Waals surface area contributed by atoms with Crippen molar-refractivity contribution < 1.29 is 8.78 Å². The molecule has 7 heteroatoms. The number of rotatable bonds is 6. The minimum atomic E-state index is -0.702. The van der Waals surface area contributed by atoms with Crippen LogP contribution in [0, 0.1) is 18.6 Å². The highest BCUT2D eigenvalue weighted by Crippen LogP contribution is 2.21. The molecule has 20 heavy (non-hydrogen) atoms. The molecular weight excluding hydrogens is 282 g/mol. The summed E-state index contributed by atoms with van der Waals surface area (Å²) in [6.07, 6.45) is 0.835. The number of thiazole rings is 1. The number of pyridine rings is 1. The van der Waals surface area contributed by atoms with E-state index in [9.17, 15) is 8.78 Å². The first-order valence-corrected chi connectivity index (χ1v) is 7.22. The van der Waals surface area contributed by atoms with Gasteiger partial charge in [0, 0.05) is 17.5 Å². The fourth-order valence-electron chi connectivity index (χ4n) is 1.62. The van der Waals surface area contributed by atoms with Crippen molar-refractivity contribution in [3.8, 4) is 0 Å². The molecule has 0 aromatic carbocycles. The van der Waals surface area contributed by atoms with Gasteiger partial charge in [0.05, 0.1) is 17.7 Å². The second-order valence-electron chi connectivity index (χ2n) is 4.29. The van der Waals surface area contributed by atoms with Gasteiger partial charge in [0.25, 0.3) is 0 Å². The predicted molar refractivity (Wildman–Crippen MR) is 77.1 cm³/mol. The summed E-state index contributed by atoms with van der Waals surface area (Å²) in [4.78, 5) is 9.06. The fourth-order valence-corrected chi connectivity index (χ4v) is 2.33. The smallest absolute Gasteiger partial charge is 0.168 e. The van der Waals surface area contributed by atoms with Crippen LogP contribution in [-0.4, -0.2) is 16.5 Å². The van der Waals surface area contributed by atoms with Crippen LogP contribution in [0.2, 0.25) is 0 Å². The van der Waals surface area contributed by atoms with Gasteiger partial charge in [-0.1, -0.05) is 6.92 Å². The Morgan fingerprint density at radius 1 is 1.20 bits per heavy atom. The first-order chi connectivity index (χ1) is 9.61. The molecule has 0 unspecified atom stereocenters. The summed E-state index contributed by atoms with van der Waals surface area (Å²) in [7, 11) is 0. The maximum atomic E-state index is 13.7. The number of nitrogens with one attached hydrogen (secondary N) is 2. The van der Waals surface area contributed by atoms with Crippen molar-refractivity contribution in [3.63, 3.8) is 0 Å². The molecule has 0 bridgehead atoms. The standard InChI is InChI=1S/C13H16F2N4S/c1-3-4-16-12-9(14)5-10(15)13(19-12)17-6-11-8(2)18-7-20-11/h5,7H,3-4,6H2,1-2H3,(H2,16,17,19). The largest absolute Gasteiger partial charge is 0.368 e. The number of hydrogen-bond acceptors (Lipinski definition) is 5. The Morgan fingerprint density at radius 3 is 2.50 bits per heavy atom. The number of aromatic nitrogens is 2. The Hall–Kier alpha value is -1.76. The van der Waals surface area contributed by atoms with Crippen LogP contribution in [0.1, 0.15) is 23.9 Å². The highest BCUT2D eigenvalue weighted by molar-refractivity contribution is 7.09. The third-order valence-corrected chi connectivity index (χ3v) is 3.67. The molecule has 0 aliphatic carbocycles. The third-order valence-electron chi connectivity index (χ3n) is 2.73. The van der Waals surface area contributed by atoms with Crippen LogP contribution in [0.25, 0.3) is 0 Å². The Kier molecular flexibility index (Phi) is 4.84. The minimum absolute atomic E-state index is 0.0396. The Labute approximate surface area is 120 Å². The van der Waals surface area contributed by atoms with Crippen LogP contribution in [0.15, 0.2) is 11.6 Å². The van der Waals surface area contributed by atoms with Crippen molar-refractivity contribution in [3.05, 3.63) is 33.8 Å². The molecule has 0 fully saturated rings. The summed E-state index contributed by atoms with van der Waals surface area (Å²) in [6.45, 7) is 4.85. The number of anilines is 2. The van der Waals surface area contributed by atoms with Gasteiger partial charge >= 0.3 is 0 Å². The van der Waals surface area contributed by atoms with Crippen molar-refractivity contribution in [1.29, 1.82) is 0 Å². The quantitative estimate of drug-likeness (QED) is 0.856. The van der Waals surface area contributed by atoms with Gasteiger partial charge in [0.2, 0.25) is 0 Å². The summed E-state index contributed by atoms with van der Waals surface area (Å²) < 4.78 is 27.2. The van der Waals surface area contributed by atoms with Crippen LogP contribution in [0.4, 0.5) is 20.4 Å². The van der Waals surface area contributed by atoms with E-state index < -0.39 is 11.6 Å². The van der Waals surface area contributed by atoms with Gasteiger partial charge in [-0.3, -0.25) is 0 Å². The molecule has 2 N–H and O–H groups in total. The van der Waals surface area contributed by atoms with E-state index in [-0.39, 0.29) is 11.6 Å². The summed E-state index contributed by atoms with van der Waals surface area (Å²) >= 11 is 1.48. The SMILES string of the molecule is CCCNc1nc(NCc2scnc2C)c(F)cc1F. The maximum Gasteiger partial charge on any atom is 0.168 e. The van der Waals surface area contributed by atoms with Gasteiger partial charge in [-0.25, -0.2) is 18.7 Å². The third kappa shape index (κ3) is 3.41. The van der Waals surface area contributed by atoms with E-state index in [0.29, 0.717) is 13.1 Å². The van der Waals surface area contributed by atoms with Crippen molar-refractivity contribution in [2.24, 2.45) is 0 Å². The van der Waals surface area contributed by atoms with E-state index in [1.165, 1.54) is 11.3 Å². The van der Waals surface area contributed by atoms with Crippen molar-refractivity contribution in [2.75, 3.05) is 17.2 Å². The summed E-state index contributed by atoms with van der Waals surface area (Å²) in [6, 6.07) is 0.840. The lowest BCUT2D eigenvalue weighted by Crippen LogP contribution is -2.09. The number of nitrogens with zero attached hydrogens (tertiary/aromatic N) is 2. The molecule has 2 heterocycles. The van der Waals surface area contributed by atoms with Gasteiger partial charge in [-0.15, -0.1) is 11.3 Å². The van der Waals surface area contributed by atoms with Gasteiger partial charge in [0.1, 0.15) is 0 Å². The zero-order chi connectivity index (χ0) is 14.5. The lowest BCUT2D eigenvalue weighted by atomic mass is 10.3.